The van der Waals surface area contributed by atoms with Gasteiger partial charge in [0.15, 0.2) is 0 Å². The van der Waals surface area contributed by atoms with Crippen molar-refractivity contribution in [3.05, 3.63) is 34.5 Å². The van der Waals surface area contributed by atoms with E-state index in [1.165, 1.54) is 12.8 Å². The predicted octanol–water partition coefficient (Wildman–Crippen LogP) is 2.72. The lowest BCUT2D eigenvalue weighted by molar-refractivity contribution is 0.412. The maximum atomic E-state index is 4.77. The number of rotatable bonds is 4. The Hall–Kier alpha value is -1.43. The molecule has 1 N–H and O–H groups in total. The average molecular weight is 295 g/mol. The standard InChI is InChI=1S/C11H11BrN4O/c12-9-5-10(13-6-8-3-4-17-16-8)15-11(14-9)7-1-2-7/h3-5,7H,1-2,6H2,(H,13,14,15). The molecular formula is C11H11BrN4O. The van der Waals surface area contributed by atoms with Crippen LogP contribution in [0.1, 0.15) is 30.3 Å². The van der Waals surface area contributed by atoms with E-state index in [2.05, 4.69) is 36.4 Å². The number of hydrogen-bond donors (Lipinski definition) is 1. The van der Waals surface area contributed by atoms with Gasteiger partial charge in [-0.3, -0.25) is 0 Å². The molecule has 0 radical (unpaired) electrons. The van der Waals surface area contributed by atoms with Crippen LogP contribution in [0.2, 0.25) is 0 Å². The third kappa shape index (κ3) is 2.63. The van der Waals surface area contributed by atoms with Crippen LogP contribution in [0, 0.1) is 0 Å². The molecule has 0 bridgehead atoms. The molecule has 0 atom stereocenters. The molecule has 1 saturated carbocycles. The SMILES string of the molecule is Brc1cc(NCc2ccon2)nc(C2CC2)n1. The van der Waals surface area contributed by atoms with Crippen LogP contribution in [-0.4, -0.2) is 15.1 Å². The Balaban J connectivity index is 1.73. The van der Waals surface area contributed by atoms with Gasteiger partial charge >= 0.3 is 0 Å². The van der Waals surface area contributed by atoms with Gasteiger partial charge in [-0.2, -0.15) is 0 Å². The summed E-state index contributed by atoms with van der Waals surface area (Å²) in [7, 11) is 0. The first kappa shape index (κ1) is 10.7. The molecule has 6 heteroatoms. The van der Waals surface area contributed by atoms with E-state index in [0.717, 1.165) is 21.9 Å². The molecule has 1 fully saturated rings. The molecule has 5 nitrogen and oxygen atoms in total. The normalized spacial score (nSPS) is 14.9. The van der Waals surface area contributed by atoms with Crippen LogP contribution < -0.4 is 5.32 Å². The van der Waals surface area contributed by atoms with Crippen molar-refractivity contribution in [3.63, 3.8) is 0 Å². The summed E-state index contributed by atoms with van der Waals surface area (Å²) < 4.78 is 5.58. The van der Waals surface area contributed by atoms with Crippen LogP contribution in [0.5, 0.6) is 0 Å². The van der Waals surface area contributed by atoms with Crippen molar-refractivity contribution in [2.24, 2.45) is 0 Å². The van der Waals surface area contributed by atoms with E-state index in [4.69, 9.17) is 4.52 Å². The van der Waals surface area contributed by atoms with Crippen molar-refractivity contribution >= 4 is 21.7 Å². The van der Waals surface area contributed by atoms with Crippen molar-refractivity contribution in [2.45, 2.75) is 25.3 Å². The van der Waals surface area contributed by atoms with Gasteiger partial charge in [-0.1, -0.05) is 5.16 Å². The van der Waals surface area contributed by atoms with Crippen molar-refractivity contribution in [2.75, 3.05) is 5.32 Å². The van der Waals surface area contributed by atoms with Crippen LogP contribution in [0.3, 0.4) is 0 Å². The Morgan fingerprint density at radius 2 is 2.29 bits per heavy atom. The number of halogens is 1. The molecule has 3 rings (SSSR count). The fraction of sp³-hybridized carbons (Fsp3) is 0.364. The Bertz CT molecular complexity index is 510. The van der Waals surface area contributed by atoms with E-state index < -0.39 is 0 Å². The van der Waals surface area contributed by atoms with Gasteiger partial charge in [-0.25, -0.2) is 9.97 Å². The van der Waals surface area contributed by atoms with Gasteiger partial charge in [-0.05, 0) is 28.8 Å². The topological polar surface area (TPSA) is 63.8 Å². The minimum atomic E-state index is 0.542. The summed E-state index contributed by atoms with van der Waals surface area (Å²) in [4.78, 5) is 8.86. The lowest BCUT2D eigenvalue weighted by atomic mass is 10.4. The molecule has 0 aliphatic heterocycles. The molecule has 17 heavy (non-hydrogen) atoms. The fourth-order valence-corrected chi connectivity index (χ4v) is 1.96. The second-order valence-corrected chi connectivity index (χ2v) is 4.87. The van der Waals surface area contributed by atoms with E-state index in [0.29, 0.717) is 12.5 Å². The molecule has 88 valence electrons. The molecule has 1 aliphatic carbocycles. The molecular weight excluding hydrogens is 284 g/mol. The van der Waals surface area contributed by atoms with E-state index >= 15 is 0 Å². The maximum Gasteiger partial charge on any atom is 0.135 e. The van der Waals surface area contributed by atoms with Gasteiger partial charge in [0.05, 0.1) is 6.54 Å². The Morgan fingerprint density at radius 3 is 3.00 bits per heavy atom. The highest BCUT2D eigenvalue weighted by molar-refractivity contribution is 9.10. The summed E-state index contributed by atoms with van der Waals surface area (Å²) >= 11 is 3.40. The number of hydrogen-bond acceptors (Lipinski definition) is 5. The average Bonchev–Trinajstić information content (AvgIpc) is 3.04. The molecule has 0 aromatic carbocycles. The summed E-state index contributed by atoms with van der Waals surface area (Å²) in [5.74, 6) is 2.28. The summed E-state index contributed by atoms with van der Waals surface area (Å²) in [6, 6.07) is 3.69. The zero-order chi connectivity index (χ0) is 11.7. The quantitative estimate of drug-likeness (QED) is 0.879. The highest BCUT2D eigenvalue weighted by Crippen LogP contribution is 2.38. The first-order chi connectivity index (χ1) is 8.31. The van der Waals surface area contributed by atoms with E-state index in [-0.39, 0.29) is 0 Å². The van der Waals surface area contributed by atoms with Crippen LogP contribution in [0.25, 0.3) is 0 Å². The zero-order valence-corrected chi connectivity index (χ0v) is 10.6. The van der Waals surface area contributed by atoms with E-state index in [9.17, 15) is 0 Å². The lowest BCUT2D eigenvalue weighted by Gasteiger charge is -2.05. The summed E-state index contributed by atoms with van der Waals surface area (Å²) in [6.07, 6.45) is 3.95. The number of nitrogens with one attached hydrogen (secondary N) is 1. The van der Waals surface area contributed by atoms with Crippen molar-refractivity contribution in [3.8, 4) is 0 Å². The first-order valence-corrected chi connectivity index (χ1v) is 6.28. The summed E-state index contributed by atoms with van der Waals surface area (Å²) in [5.41, 5.74) is 0.854. The minimum absolute atomic E-state index is 0.542. The Labute approximate surface area is 107 Å². The molecule has 0 saturated heterocycles. The smallest absolute Gasteiger partial charge is 0.135 e. The highest BCUT2D eigenvalue weighted by Gasteiger charge is 2.27. The Kier molecular flexibility index (Phi) is 2.80. The fourth-order valence-electron chi connectivity index (χ4n) is 1.56. The predicted molar refractivity (Wildman–Crippen MR) is 65.5 cm³/mol. The highest BCUT2D eigenvalue weighted by atomic mass is 79.9. The van der Waals surface area contributed by atoms with Gasteiger partial charge < -0.3 is 9.84 Å². The molecule has 0 unspecified atom stereocenters. The van der Waals surface area contributed by atoms with Gasteiger partial charge in [-0.15, -0.1) is 0 Å². The minimum Gasteiger partial charge on any atom is -0.364 e. The van der Waals surface area contributed by atoms with Gasteiger partial charge in [0.2, 0.25) is 0 Å². The Morgan fingerprint density at radius 1 is 1.41 bits per heavy atom. The van der Waals surface area contributed by atoms with Gasteiger partial charge in [0, 0.05) is 18.1 Å². The number of aromatic nitrogens is 3. The van der Waals surface area contributed by atoms with Crippen LogP contribution in [0.4, 0.5) is 5.82 Å². The first-order valence-electron chi connectivity index (χ1n) is 5.49. The molecule has 2 heterocycles. The summed E-state index contributed by atoms with van der Waals surface area (Å²) in [6.45, 7) is 0.601. The maximum absolute atomic E-state index is 4.77. The second-order valence-electron chi connectivity index (χ2n) is 4.05. The lowest BCUT2D eigenvalue weighted by Crippen LogP contribution is -2.04. The largest absolute Gasteiger partial charge is 0.364 e. The molecule has 2 aromatic rings. The third-order valence-corrected chi connectivity index (χ3v) is 3.00. The van der Waals surface area contributed by atoms with Gasteiger partial charge in [0.25, 0.3) is 0 Å². The number of anilines is 1. The molecule has 0 spiro atoms. The molecule has 2 aromatic heterocycles. The van der Waals surface area contributed by atoms with Crippen LogP contribution in [0.15, 0.2) is 27.5 Å². The van der Waals surface area contributed by atoms with Gasteiger partial charge in [0.1, 0.15) is 28.2 Å². The third-order valence-electron chi connectivity index (χ3n) is 2.60. The van der Waals surface area contributed by atoms with Crippen molar-refractivity contribution in [1.82, 2.24) is 15.1 Å². The van der Waals surface area contributed by atoms with Crippen molar-refractivity contribution in [1.29, 1.82) is 0 Å². The molecule has 1 aliphatic rings. The zero-order valence-electron chi connectivity index (χ0n) is 9.06. The van der Waals surface area contributed by atoms with Crippen LogP contribution in [-0.2, 0) is 6.54 Å². The van der Waals surface area contributed by atoms with Crippen LogP contribution >= 0.6 is 15.9 Å². The summed E-state index contributed by atoms with van der Waals surface area (Å²) in [5, 5.41) is 7.04. The second kappa shape index (κ2) is 4.44. The van der Waals surface area contributed by atoms with E-state index in [1.54, 1.807) is 6.26 Å². The monoisotopic (exact) mass is 294 g/mol. The van der Waals surface area contributed by atoms with Crippen molar-refractivity contribution < 1.29 is 4.52 Å². The molecule has 0 amide bonds. The number of nitrogens with zero attached hydrogens (tertiary/aromatic N) is 3. The van der Waals surface area contributed by atoms with E-state index in [1.807, 2.05) is 12.1 Å².